The highest BCUT2D eigenvalue weighted by Crippen LogP contribution is 2.61. The first-order chi connectivity index (χ1) is 9.65. The van der Waals surface area contributed by atoms with Crippen LogP contribution in [0.3, 0.4) is 0 Å². The SMILES string of the molecule is CCCCn1c(N)cnc1COP(=O)(N1CC1)N1CC1. The van der Waals surface area contributed by atoms with Crippen molar-refractivity contribution in [1.82, 2.24) is 18.9 Å². The fourth-order valence-corrected chi connectivity index (χ4v) is 4.36. The largest absolute Gasteiger partial charge is 0.384 e. The zero-order chi connectivity index (χ0) is 14.2. The van der Waals surface area contributed by atoms with E-state index in [0.717, 1.165) is 51.4 Å². The molecule has 0 aliphatic carbocycles. The molecule has 3 rings (SSSR count). The molecule has 1 aromatic rings. The van der Waals surface area contributed by atoms with Gasteiger partial charge in [-0.1, -0.05) is 13.3 Å². The van der Waals surface area contributed by atoms with Crippen LogP contribution in [0.2, 0.25) is 0 Å². The van der Waals surface area contributed by atoms with Gasteiger partial charge in [0, 0.05) is 32.7 Å². The van der Waals surface area contributed by atoms with Crippen LogP contribution in [0.15, 0.2) is 6.20 Å². The molecule has 0 saturated carbocycles. The maximum atomic E-state index is 12.8. The Morgan fingerprint density at radius 2 is 2.00 bits per heavy atom. The molecule has 2 N–H and O–H groups in total. The molecule has 0 spiro atoms. The van der Waals surface area contributed by atoms with Crippen LogP contribution in [0.25, 0.3) is 0 Å². The molecule has 0 aromatic carbocycles. The summed E-state index contributed by atoms with van der Waals surface area (Å²) >= 11 is 0. The first-order valence-electron chi connectivity index (χ1n) is 7.20. The first kappa shape index (κ1) is 14.1. The van der Waals surface area contributed by atoms with E-state index in [1.165, 1.54) is 0 Å². The monoisotopic (exact) mass is 299 g/mol. The number of anilines is 1. The van der Waals surface area contributed by atoms with E-state index in [9.17, 15) is 4.57 Å². The topological polar surface area (TPSA) is 76.2 Å². The van der Waals surface area contributed by atoms with E-state index in [4.69, 9.17) is 10.3 Å². The summed E-state index contributed by atoms with van der Waals surface area (Å²) in [5, 5.41) is 0. The van der Waals surface area contributed by atoms with Gasteiger partial charge in [-0.05, 0) is 6.42 Å². The van der Waals surface area contributed by atoms with Crippen LogP contribution in [0.4, 0.5) is 5.82 Å². The van der Waals surface area contributed by atoms with Crippen molar-refractivity contribution in [3.05, 3.63) is 12.0 Å². The number of nitrogen functional groups attached to an aromatic ring is 1. The Balaban J connectivity index is 1.67. The van der Waals surface area contributed by atoms with Crippen molar-refractivity contribution in [1.29, 1.82) is 0 Å². The van der Waals surface area contributed by atoms with Gasteiger partial charge in [0.1, 0.15) is 18.2 Å². The lowest BCUT2D eigenvalue weighted by molar-refractivity contribution is 0.251. The molecule has 112 valence electrons. The third-order valence-electron chi connectivity index (χ3n) is 3.63. The van der Waals surface area contributed by atoms with Crippen molar-refractivity contribution in [2.45, 2.75) is 32.9 Å². The Bertz CT molecular complexity index is 508. The smallest absolute Gasteiger partial charge is 0.346 e. The lowest BCUT2D eigenvalue weighted by Gasteiger charge is -2.20. The Morgan fingerprint density at radius 3 is 2.55 bits per heavy atom. The van der Waals surface area contributed by atoms with E-state index in [1.54, 1.807) is 6.20 Å². The second kappa shape index (κ2) is 5.48. The van der Waals surface area contributed by atoms with E-state index in [-0.39, 0.29) is 6.61 Å². The highest BCUT2D eigenvalue weighted by atomic mass is 31.2. The van der Waals surface area contributed by atoms with Gasteiger partial charge in [0.15, 0.2) is 0 Å². The highest BCUT2D eigenvalue weighted by molar-refractivity contribution is 7.54. The van der Waals surface area contributed by atoms with Gasteiger partial charge in [0.25, 0.3) is 0 Å². The van der Waals surface area contributed by atoms with Crippen LogP contribution in [-0.2, 0) is 22.2 Å². The molecule has 7 nitrogen and oxygen atoms in total. The molecule has 2 aliphatic heterocycles. The van der Waals surface area contributed by atoms with Crippen LogP contribution in [0, 0.1) is 0 Å². The number of hydrogen-bond donors (Lipinski definition) is 1. The lowest BCUT2D eigenvalue weighted by Crippen LogP contribution is -2.12. The molecule has 8 heteroatoms. The van der Waals surface area contributed by atoms with E-state index in [0.29, 0.717) is 5.82 Å². The summed E-state index contributed by atoms with van der Waals surface area (Å²) in [6, 6.07) is 0. The summed E-state index contributed by atoms with van der Waals surface area (Å²) < 4.78 is 24.3. The normalized spacial score (nSPS) is 19.4. The Hall–Kier alpha value is -0.880. The molecule has 2 aliphatic rings. The molecule has 2 saturated heterocycles. The molecule has 0 radical (unpaired) electrons. The predicted octanol–water partition coefficient (Wildman–Crippen LogP) is 1.52. The van der Waals surface area contributed by atoms with Gasteiger partial charge in [0.2, 0.25) is 0 Å². The van der Waals surface area contributed by atoms with Crippen molar-refractivity contribution >= 4 is 13.5 Å². The second-order valence-corrected chi connectivity index (χ2v) is 7.65. The average Bonchev–Trinajstić information content (AvgIpc) is 3.31. The Labute approximate surface area is 119 Å². The van der Waals surface area contributed by atoms with Gasteiger partial charge >= 0.3 is 7.67 Å². The van der Waals surface area contributed by atoms with E-state index in [2.05, 4.69) is 11.9 Å². The van der Waals surface area contributed by atoms with Crippen LogP contribution in [0.1, 0.15) is 25.6 Å². The van der Waals surface area contributed by atoms with Gasteiger partial charge in [-0.15, -0.1) is 0 Å². The first-order valence-corrected chi connectivity index (χ1v) is 8.73. The van der Waals surface area contributed by atoms with Crippen LogP contribution in [0.5, 0.6) is 0 Å². The predicted molar refractivity (Wildman–Crippen MR) is 77.1 cm³/mol. The second-order valence-electron chi connectivity index (χ2n) is 5.28. The van der Waals surface area contributed by atoms with Crippen LogP contribution >= 0.6 is 7.67 Å². The third kappa shape index (κ3) is 2.76. The summed E-state index contributed by atoms with van der Waals surface area (Å²) in [5.74, 6) is 1.41. The number of aromatic nitrogens is 2. The minimum absolute atomic E-state index is 0.255. The molecular weight excluding hydrogens is 277 g/mol. The van der Waals surface area contributed by atoms with E-state index in [1.807, 2.05) is 13.9 Å². The van der Waals surface area contributed by atoms with E-state index < -0.39 is 7.67 Å². The van der Waals surface area contributed by atoms with Gasteiger partial charge < -0.3 is 10.3 Å². The highest BCUT2D eigenvalue weighted by Gasteiger charge is 2.49. The Kier molecular flexibility index (Phi) is 3.86. The summed E-state index contributed by atoms with van der Waals surface area (Å²) in [6.07, 6.45) is 3.79. The summed E-state index contributed by atoms with van der Waals surface area (Å²) in [7, 11) is -2.77. The maximum absolute atomic E-state index is 12.8. The van der Waals surface area contributed by atoms with Crippen LogP contribution < -0.4 is 5.73 Å². The quantitative estimate of drug-likeness (QED) is 0.579. The summed E-state index contributed by atoms with van der Waals surface area (Å²) in [5.41, 5.74) is 5.92. The third-order valence-corrected chi connectivity index (χ3v) is 6.32. The molecule has 1 aromatic heterocycles. The maximum Gasteiger partial charge on any atom is 0.346 e. The average molecular weight is 299 g/mol. The summed E-state index contributed by atoms with van der Waals surface area (Å²) in [6.45, 7) is 6.67. The molecule has 0 unspecified atom stereocenters. The van der Waals surface area contributed by atoms with Crippen molar-refractivity contribution in [3.8, 4) is 0 Å². The molecule has 3 heterocycles. The van der Waals surface area contributed by atoms with Gasteiger partial charge in [-0.2, -0.15) is 0 Å². The molecule has 0 amide bonds. The zero-order valence-corrected chi connectivity index (χ0v) is 12.8. The van der Waals surface area contributed by atoms with Crippen molar-refractivity contribution < 1.29 is 9.09 Å². The van der Waals surface area contributed by atoms with Gasteiger partial charge in [-0.3, -0.25) is 9.09 Å². The lowest BCUT2D eigenvalue weighted by atomic mass is 10.3. The van der Waals surface area contributed by atoms with E-state index >= 15 is 0 Å². The zero-order valence-electron chi connectivity index (χ0n) is 11.9. The fraction of sp³-hybridized carbons (Fsp3) is 0.750. The number of rotatable bonds is 8. The van der Waals surface area contributed by atoms with Crippen LogP contribution in [-0.4, -0.2) is 45.1 Å². The number of unbranched alkanes of at least 4 members (excludes halogenated alkanes) is 1. The van der Waals surface area contributed by atoms with Crippen molar-refractivity contribution in [2.24, 2.45) is 0 Å². The standard InChI is InChI=1S/C12H22N5O2P/c1-2-3-4-17-11(13)9-14-12(17)10-19-20(18,15-5-6-15)16-7-8-16/h9H,2-8,10,13H2,1H3. The number of nitrogens with zero attached hydrogens (tertiary/aromatic N) is 4. The molecule has 2 fully saturated rings. The fourth-order valence-electron chi connectivity index (χ4n) is 2.20. The Morgan fingerprint density at radius 1 is 1.35 bits per heavy atom. The van der Waals surface area contributed by atoms with Gasteiger partial charge in [0.05, 0.1) is 6.20 Å². The molecule has 20 heavy (non-hydrogen) atoms. The number of imidazole rings is 1. The van der Waals surface area contributed by atoms with Gasteiger partial charge in [-0.25, -0.2) is 14.3 Å². The van der Waals surface area contributed by atoms with Crippen molar-refractivity contribution in [2.75, 3.05) is 31.9 Å². The number of nitrogens with two attached hydrogens (primary N) is 1. The minimum atomic E-state index is -2.77. The molecular formula is C12H22N5O2P. The molecule has 0 bridgehead atoms. The minimum Gasteiger partial charge on any atom is -0.384 e. The number of hydrogen-bond acceptors (Lipinski definition) is 4. The molecule has 0 atom stereocenters. The summed E-state index contributed by atoms with van der Waals surface area (Å²) in [4.78, 5) is 4.29. The van der Waals surface area contributed by atoms with Crippen molar-refractivity contribution in [3.63, 3.8) is 0 Å².